The first-order valence-electron chi connectivity index (χ1n) is 6.06. The third-order valence-corrected chi connectivity index (χ3v) is 3.97. The number of ether oxygens (including phenoxy) is 2. The van der Waals surface area contributed by atoms with E-state index in [-0.39, 0.29) is 11.7 Å². The molecule has 1 aliphatic carbocycles. The molecule has 2 rings (SSSR count). The molecule has 0 bridgehead atoms. The smallest absolute Gasteiger partial charge is 0.410 e. The summed E-state index contributed by atoms with van der Waals surface area (Å²) in [6.07, 6.45) is 1.89. The molecule has 0 aromatic carbocycles. The first-order chi connectivity index (χ1) is 7.80. The molecule has 1 spiro atoms. The number of morpholine rings is 1. The molecule has 1 saturated carbocycles. The highest BCUT2D eigenvalue weighted by atomic mass is 127. The SMILES string of the molecule is CC(C)(C)OC(=O)N1CCOC2(CC(I)C2)C1. The van der Waals surface area contributed by atoms with Gasteiger partial charge in [-0.2, -0.15) is 0 Å². The Bertz CT molecular complexity index is 302. The van der Waals surface area contributed by atoms with Gasteiger partial charge in [-0.3, -0.25) is 0 Å². The minimum absolute atomic E-state index is 0.0823. The molecule has 1 heterocycles. The number of carbonyl (C=O) groups is 1. The minimum Gasteiger partial charge on any atom is -0.444 e. The van der Waals surface area contributed by atoms with Crippen LogP contribution in [0.25, 0.3) is 0 Å². The van der Waals surface area contributed by atoms with Crippen LogP contribution in [0, 0.1) is 0 Å². The zero-order valence-corrected chi connectivity index (χ0v) is 12.8. The molecule has 1 saturated heterocycles. The Morgan fingerprint density at radius 1 is 1.47 bits per heavy atom. The standard InChI is InChI=1S/C12H20INO3/c1-11(2,3)17-10(15)14-4-5-16-12(8-14)6-9(13)7-12/h9H,4-8H2,1-3H3. The van der Waals surface area contributed by atoms with Crippen LogP contribution in [0.4, 0.5) is 4.79 Å². The Morgan fingerprint density at radius 2 is 2.12 bits per heavy atom. The van der Waals surface area contributed by atoms with Crippen molar-refractivity contribution in [2.45, 2.75) is 48.7 Å². The number of amides is 1. The van der Waals surface area contributed by atoms with Crippen molar-refractivity contribution in [1.82, 2.24) is 4.90 Å². The Balaban J connectivity index is 1.91. The number of rotatable bonds is 0. The maximum Gasteiger partial charge on any atom is 0.410 e. The first kappa shape index (κ1) is 13.4. The third kappa shape index (κ3) is 3.24. The van der Waals surface area contributed by atoms with Gasteiger partial charge in [0.2, 0.25) is 0 Å². The van der Waals surface area contributed by atoms with Gasteiger partial charge in [-0.05, 0) is 33.6 Å². The summed E-state index contributed by atoms with van der Waals surface area (Å²) in [5, 5.41) is 0. The maximum atomic E-state index is 12.0. The highest BCUT2D eigenvalue weighted by Crippen LogP contribution is 2.42. The minimum atomic E-state index is -0.423. The zero-order valence-electron chi connectivity index (χ0n) is 10.7. The molecule has 2 aliphatic rings. The van der Waals surface area contributed by atoms with E-state index in [2.05, 4.69) is 22.6 Å². The van der Waals surface area contributed by atoms with Crippen LogP contribution in [-0.2, 0) is 9.47 Å². The highest BCUT2D eigenvalue weighted by Gasteiger charge is 2.48. The lowest BCUT2D eigenvalue weighted by molar-refractivity contribution is -0.143. The Kier molecular flexibility index (Phi) is 3.60. The second kappa shape index (κ2) is 4.57. The van der Waals surface area contributed by atoms with Crippen molar-refractivity contribution >= 4 is 28.7 Å². The largest absolute Gasteiger partial charge is 0.444 e. The number of carbonyl (C=O) groups excluding carboxylic acids is 1. The van der Waals surface area contributed by atoms with Crippen molar-refractivity contribution in [2.75, 3.05) is 19.7 Å². The van der Waals surface area contributed by atoms with Crippen LogP contribution >= 0.6 is 22.6 Å². The molecule has 0 aromatic heterocycles. The predicted octanol–water partition coefficient (Wildman–Crippen LogP) is 2.59. The summed E-state index contributed by atoms with van der Waals surface area (Å²) in [6, 6.07) is 0. The van der Waals surface area contributed by atoms with Gasteiger partial charge < -0.3 is 14.4 Å². The van der Waals surface area contributed by atoms with E-state index in [9.17, 15) is 4.79 Å². The van der Waals surface area contributed by atoms with Gasteiger partial charge >= 0.3 is 6.09 Å². The summed E-state index contributed by atoms with van der Waals surface area (Å²) in [7, 11) is 0. The van der Waals surface area contributed by atoms with Crippen LogP contribution in [0.1, 0.15) is 33.6 Å². The van der Waals surface area contributed by atoms with Gasteiger partial charge in [-0.1, -0.05) is 22.6 Å². The van der Waals surface area contributed by atoms with Gasteiger partial charge in [0.05, 0.1) is 18.8 Å². The normalized spacial score (nSPS) is 33.4. The number of alkyl halides is 1. The Labute approximate surface area is 116 Å². The molecule has 98 valence electrons. The molecule has 17 heavy (non-hydrogen) atoms. The molecule has 1 amide bonds. The number of hydrogen-bond acceptors (Lipinski definition) is 3. The van der Waals surface area contributed by atoms with Gasteiger partial charge in [0.15, 0.2) is 0 Å². The van der Waals surface area contributed by atoms with Gasteiger partial charge in [0.1, 0.15) is 5.60 Å². The lowest BCUT2D eigenvalue weighted by Crippen LogP contribution is -2.60. The Hall–Kier alpha value is -0.0400. The summed E-state index contributed by atoms with van der Waals surface area (Å²) in [5.74, 6) is 0. The monoisotopic (exact) mass is 353 g/mol. The van der Waals surface area contributed by atoms with Crippen molar-refractivity contribution in [3.8, 4) is 0 Å². The summed E-state index contributed by atoms with van der Waals surface area (Å²) >= 11 is 2.44. The lowest BCUT2D eigenvalue weighted by atomic mass is 9.79. The van der Waals surface area contributed by atoms with Crippen molar-refractivity contribution in [3.05, 3.63) is 0 Å². The van der Waals surface area contributed by atoms with E-state index in [0.29, 0.717) is 23.6 Å². The molecule has 1 aliphatic heterocycles. The first-order valence-corrected chi connectivity index (χ1v) is 7.30. The van der Waals surface area contributed by atoms with Crippen molar-refractivity contribution < 1.29 is 14.3 Å². The van der Waals surface area contributed by atoms with E-state index in [1.807, 2.05) is 20.8 Å². The van der Waals surface area contributed by atoms with Crippen LogP contribution in [0.2, 0.25) is 0 Å². The van der Waals surface area contributed by atoms with E-state index in [0.717, 1.165) is 12.8 Å². The van der Waals surface area contributed by atoms with Crippen LogP contribution < -0.4 is 0 Å². The maximum absolute atomic E-state index is 12.0. The molecule has 0 atom stereocenters. The average Bonchev–Trinajstić information content (AvgIpc) is 2.13. The summed E-state index contributed by atoms with van der Waals surface area (Å²) in [6.45, 7) is 7.63. The van der Waals surface area contributed by atoms with Crippen molar-refractivity contribution in [1.29, 1.82) is 0 Å². The van der Waals surface area contributed by atoms with Crippen LogP contribution in [0.5, 0.6) is 0 Å². The van der Waals surface area contributed by atoms with Gasteiger partial charge in [0.25, 0.3) is 0 Å². The summed E-state index contributed by atoms with van der Waals surface area (Å²) in [5.41, 5.74) is -0.505. The summed E-state index contributed by atoms with van der Waals surface area (Å²) < 4.78 is 11.9. The molecular weight excluding hydrogens is 333 g/mol. The van der Waals surface area contributed by atoms with Crippen LogP contribution in [0.3, 0.4) is 0 Å². The van der Waals surface area contributed by atoms with E-state index < -0.39 is 5.60 Å². The summed E-state index contributed by atoms with van der Waals surface area (Å²) in [4.78, 5) is 13.8. The van der Waals surface area contributed by atoms with Crippen molar-refractivity contribution in [3.63, 3.8) is 0 Å². The number of hydrogen-bond donors (Lipinski definition) is 0. The zero-order chi connectivity index (χ0) is 12.7. The second-order valence-corrected chi connectivity index (χ2v) is 7.70. The molecular formula is C12H20INO3. The lowest BCUT2D eigenvalue weighted by Gasteiger charge is -2.50. The third-order valence-electron chi connectivity index (χ3n) is 3.09. The number of nitrogens with zero attached hydrogens (tertiary/aromatic N) is 1. The predicted molar refractivity (Wildman–Crippen MR) is 73.5 cm³/mol. The van der Waals surface area contributed by atoms with Gasteiger partial charge in [0, 0.05) is 10.5 Å². The molecule has 0 unspecified atom stereocenters. The van der Waals surface area contributed by atoms with Gasteiger partial charge in [-0.25, -0.2) is 4.79 Å². The molecule has 0 aromatic rings. The number of halogens is 1. The van der Waals surface area contributed by atoms with Crippen LogP contribution in [-0.4, -0.2) is 45.8 Å². The highest BCUT2D eigenvalue weighted by molar-refractivity contribution is 14.1. The molecule has 4 nitrogen and oxygen atoms in total. The van der Waals surface area contributed by atoms with Gasteiger partial charge in [-0.15, -0.1) is 0 Å². The second-order valence-electron chi connectivity index (χ2n) is 5.94. The molecule has 0 radical (unpaired) electrons. The topological polar surface area (TPSA) is 38.8 Å². The van der Waals surface area contributed by atoms with E-state index in [1.165, 1.54) is 0 Å². The van der Waals surface area contributed by atoms with Crippen LogP contribution in [0.15, 0.2) is 0 Å². The fourth-order valence-corrected chi connectivity index (χ4v) is 3.93. The molecule has 0 N–H and O–H groups in total. The quantitative estimate of drug-likeness (QED) is 0.496. The molecule has 5 heteroatoms. The Morgan fingerprint density at radius 3 is 2.65 bits per heavy atom. The van der Waals surface area contributed by atoms with E-state index in [4.69, 9.17) is 9.47 Å². The fourth-order valence-electron chi connectivity index (χ4n) is 2.32. The molecule has 2 fully saturated rings. The van der Waals surface area contributed by atoms with Crippen molar-refractivity contribution in [2.24, 2.45) is 0 Å². The fraction of sp³-hybridized carbons (Fsp3) is 0.917. The average molecular weight is 353 g/mol. The van der Waals surface area contributed by atoms with E-state index >= 15 is 0 Å². The van der Waals surface area contributed by atoms with E-state index in [1.54, 1.807) is 4.90 Å².